The molecular formula is C13H14BrN3O4S2. The molecule has 2 aromatic rings. The zero-order valence-corrected chi connectivity index (χ0v) is 15.4. The Morgan fingerprint density at radius 1 is 1.52 bits per heavy atom. The SMILES string of the molecule is Cc1cc(NC(=O)C2CCCN2S(=O)(=O)c2ccc(Br)s2)no1. The number of aromatic nitrogens is 1. The lowest BCUT2D eigenvalue weighted by atomic mass is 10.2. The van der Waals surface area contributed by atoms with E-state index in [0.717, 1.165) is 15.1 Å². The van der Waals surface area contributed by atoms with Crippen molar-refractivity contribution in [3.63, 3.8) is 0 Å². The van der Waals surface area contributed by atoms with E-state index in [1.165, 1.54) is 4.31 Å². The zero-order valence-electron chi connectivity index (χ0n) is 12.2. The van der Waals surface area contributed by atoms with E-state index in [1.54, 1.807) is 25.1 Å². The highest BCUT2D eigenvalue weighted by Gasteiger charge is 2.40. The molecule has 7 nitrogen and oxygen atoms in total. The molecule has 0 aliphatic carbocycles. The highest BCUT2D eigenvalue weighted by molar-refractivity contribution is 9.11. The van der Waals surface area contributed by atoms with Gasteiger partial charge in [0.25, 0.3) is 10.0 Å². The summed E-state index contributed by atoms with van der Waals surface area (Å²) in [6, 6.07) is 4.07. The molecule has 0 radical (unpaired) electrons. The van der Waals surface area contributed by atoms with E-state index in [-0.39, 0.29) is 10.0 Å². The quantitative estimate of drug-likeness (QED) is 0.821. The van der Waals surface area contributed by atoms with E-state index in [1.807, 2.05) is 0 Å². The minimum Gasteiger partial charge on any atom is -0.360 e. The largest absolute Gasteiger partial charge is 0.360 e. The molecule has 0 aromatic carbocycles. The summed E-state index contributed by atoms with van der Waals surface area (Å²) in [6.07, 6.45) is 1.12. The maximum atomic E-state index is 12.7. The fraction of sp³-hybridized carbons (Fsp3) is 0.385. The van der Waals surface area contributed by atoms with Crippen LogP contribution in [0.5, 0.6) is 0 Å². The molecule has 23 heavy (non-hydrogen) atoms. The molecule has 10 heteroatoms. The van der Waals surface area contributed by atoms with Gasteiger partial charge < -0.3 is 9.84 Å². The molecule has 0 spiro atoms. The molecule has 0 bridgehead atoms. The Labute approximate surface area is 145 Å². The maximum Gasteiger partial charge on any atom is 0.253 e. The summed E-state index contributed by atoms with van der Waals surface area (Å²) >= 11 is 4.39. The number of halogens is 1. The minimum absolute atomic E-state index is 0.223. The second-order valence-electron chi connectivity index (χ2n) is 5.14. The smallest absolute Gasteiger partial charge is 0.253 e. The first-order valence-electron chi connectivity index (χ1n) is 6.89. The molecule has 1 fully saturated rings. The average Bonchev–Trinajstić information content (AvgIpc) is 3.19. The lowest BCUT2D eigenvalue weighted by Gasteiger charge is -2.22. The van der Waals surface area contributed by atoms with Crippen molar-refractivity contribution >= 4 is 49.0 Å². The van der Waals surface area contributed by atoms with Gasteiger partial charge in [-0.1, -0.05) is 5.16 Å². The first-order chi connectivity index (χ1) is 10.9. The topological polar surface area (TPSA) is 92.5 Å². The van der Waals surface area contributed by atoms with Gasteiger partial charge in [-0.25, -0.2) is 8.42 Å². The normalized spacial score (nSPS) is 19.1. The zero-order chi connectivity index (χ0) is 16.6. The Bertz CT molecular complexity index is 830. The van der Waals surface area contributed by atoms with Crippen molar-refractivity contribution in [3.8, 4) is 0 Å². The Hall–Kier alpha value is -1.23. The number of carbonyl (C=O) groups is 1. The number of aryl methyl sites for hydroxylation is 1. The van der Waals surface area contributed by atoms with E-state index in [2.05, 4.69) is 26.4 Å². The molecular weight excluding hydrogens is 406 g/mol. The first kappa shape index (κ1) is 16.6. The van der Waals surface area contributed by atoms with Gasteiger partial charge in [0.05, 0.1) is 3.79 Å². The maximum absolute atomic E-state index is 12.7. The van der Waals surface area contributed by atoms with Gasteiger partial charge in [-0.15, -0.1) is 11.3 Å². The third-order valence-corrected chi connectivity index (χ3v) is 7.50. The predicted molar refractivity (Wildman–Crippen MR) is 88.8 cm³/mol. The van der Waals surface area contributed by atoms with Gasteiger partial charge in [0.1, 0.15) is 16.0 Å². The van der Waals surface area contributed by atoms with E-state index >= 15 is 0 Å². The fourth-order valence-electron chi connectivity index (χ4n) is 2.48. The van der Waals surface area contributed by atoms with Crippen LogP contribution in [0.25, 0.3) is 0 Å². The molecule has 0 saturated carbocycles. The number of hydrogen-bond donors (Lipinski definition) is 1. The summed E-state index contributed by atoms with van der Waals surface area (Å²) in [6.45, 7) is 2.04. The standard InChI is InChI=1S/C13H14BrN3O4S2/c1-8-7-11(16-21-8)15-13(18)9-3-2-6-17(9)23(19,20)12-5-4-10(14)22-12/h4-5,7,9H,2-3,6H2,1H3,(H,15,16,18). The number of carbonyl (C=O) groups excluding carboxylic acids is 1. The van der Waals surface area contributed by atoms with Crippen LogP contribution in [0.3, 0.4) is 0 Å². The van der Waals surface area contributed by atoms with Crippen molar-refractivity contribution in [2.24, 2.45) is 0 Å². The van der Waals surface area contributed by atoms with Gasteiger partial charge in [-0.3, -0.25) is 4.79 Å². The highest BCUT2D eigenvalue weighted by atomic mass is 79.9. The Morgan fingerprint density at radius 2 is 2.30 bits per heavy atom. The van der Waals surface area contributed by atoms with Gasteiger partial charge in [-0.2, -0.15) is 4.31 Å². The van der Waals surface area contributed by atoms with Gasteiger partial charge in [0, 0.05) is 12.6 Å². The van der Waals surface area contributed by atoms with Crippen LogP contribution >= 0.6 is 27.3 Å². The Kier molecular flexibility index (Phi) is 4.59. The number of hydrogen-bond acceptors (Lipinski definition) is 6. The monoisotopic (exact) mass is 419 g/mol. The summed E-state index contributed by atoms with van der Waals surface area (Å²) in [5.41, 5.74) is 0. The lowest BCUT2D eigenvalue weighted by Crippen LogP contribution is -2.42. The molecule has 2 aromatic heterocycles. The molecule has 1 saturated heterocycles. The lowest BCUT2D eigenvalue weighted by molar-refractivity contribution is -0.119. The van der Waals surface area contributed by atoms with Crippen LogP contribution in [0.1, 0.15) is 18.6 Å². The summed E-state index contributed by atoms with van der Waals surface area (Å²) < 4.78 is 32.5. The third kappa shape index (κ3) is 3.35. The van der Waals surface area contributed by atoms with E-state index < -0.39 is 22.0 Å². The summed E-state index contributed by atoms with van der Waals surface area (Å²) in [7, 11) is -3.68. The molecule has 1 unspecified atom stereocenters. The van der Waals surface area contributed by atoms with Crippen LogP contribution in [0, 0.1) is 6.92 Å². The number of anilines is 1. The van der Waals surface area contributed by atoms with Crippen molar-refractivity contribution < 1.29 is 17.7 Å². The van der Waals surface area contributed by atoms with Gasteiger partial charge in [0.2, 0.25) is 5.91 Å². The van der Waals surface area contributed by atoms with E-state index in [9.17, 15) is 13.2 Å². The number of nitrogens with one attached hydrogen (secondary N) is 1. The first-order valence-corrected chi connectivity index (χ1v) is 9.94. The molecule has 1 atom stereocenters. The summed E-state index contributed by atoms with van der Waals surface area (Å²) in [5, 5.41) is 6.30. The molecule has 124 valence electrons. The van der Waals surface area contributed by atoms with Crippen molar-refractivity contribution in [3.05, 3.63) is 27.7 Å². The number of nitrogens with zero attached hydrogens (tertiary/aromatic N) is 2. The molecule has 3 rings (SSSR count). The molecule has 3 heterocycles. The van der Waals surface area contributed by atoms with Crippen molar-refractivity contribution in [2.75, 3.05) is 11.9 Å². The van der Waals surface area contributed by atoms with Gasteiger partial charge in [0.15, 0.2) is 5.82 Å². The Morgan fingerprint density at radius 3 is 2.91 bits per heavy atom. The van der Waals surface area contributed by atoms with Gasteiger partial charge in [-0.05, 0) is 47.8 Å². The van der Waals surface area contributed by atoms with Crippen LogP contribution in [-0.2, 0) is 14.8 Å². The van der Waals surface area contributed by atoms with Crippen molar-refractivity contribution in [1.82, 2.24) is 9.46 Å². The van der Waals surface area contributed by atoms with Crippen LogP contribution in [0.2, 0.25) is 0 Å². The van der Waals surface area contributed by atoms with Gasteiger partial charge >= 0.3 is 0 Å². The summed E-state index contributed by atoms with van der Waals surface area (Å²) in [4.78, 5) is 12.4. The van der Waals surface area contributed by atoms with Crippen LogP contribution in [0.4, 0.5) is 5.82 Å². The second-order valence-corrected chi connectivity index (χ2v) is 9.72. The third-order valence-electron chi connectivity index (χ3n) is 3.50. The second kappa shape index (κ2) is 6.34. The minimum atomic E-state index is -3.68. The molecule has 1 amide bonds. The number of amides is 1. The van der Waals surface area contributed by atoms with E-state index in [0.29, 0.717) is 25.1 Å². The molecule has 1 N–H and O–H groups in total. The Balaban J connectivity index is 1.81. The van der Waals surface area contributed by atoms with Crippen molar-refractivity contribution in [1.29, 1.82) is 0 Å². The van der Waals surface area contributed by atoms with E-state index in [4.69, 9.17) is 4.52 Å². The summed E-state index contributed by atoms with van der Waals surface area (Å²) in [5.74, 6) is 0.463. The van der Waals surface area contributed by atoms with Crippen LogP contribution in [-0.4, -0.2) is 36.4 Å². The number of sulfonamides is 1. The molecule has 1 aliphatic heterocycles. The number of thiophene rings is 1. The van der Waals surface area contributed by atoms with Crippen molar-refractivity contribution in [2.45, 2.75) is 30.0 Å². The fourth-order valence-corrected chi connectivity index (χ4v) is 6.27. The average molecular weight is 420 g/mol. The van der Waals surface area contributed by atoms with Crippen LogP contribution in [0.15, 0.2) is 30.7 Å². The molecule has 1 aliphatic rings. The number of rotatable bonds is 4. The predicted octanol–water partition coefficient (Wildman–Crippen LogP) is 2.60. The van der Waals surface area contributed by atoms with Crippen LogP contribution < -0.4 is 5.32 Å². The highest BCUT2D eigenvalue weighted by Crippen LogP contribution is 2.32.